The van der Waals surface area contributed by atoms with Gasteiger partial charge in [-0.15, -0.1) is 11.8 Å². The van der Waals surface area contributed by atoms with Crippen molar-refractivity contribution >= 4 is 41.3 Å². The Balaban J connectivity index is 1.97. The van der Waals surface area contributed by atoms with Gasteiger partial charge in [0.05, 0.1) is 13.0 Å². The van der Waals surface area contributed by atoms with Gasteiger partial charge in [0, 0.05) is 23.5 Å². The third-order valence-electron chi connectivity index (χ3n) is 3.90. The number of hydrogen-bond acceptors (Lipinski definition) is 7. The van der Waals surface area contributed by atoms with Crippen molar-refractivity contribution in [2.24, 2.45) is 5.92 Å². The number of nitrogens with zero attached hydrogens (tertiary/aromatic N) is 1. The van der Waals surface area contributed by atoms with Crippen molar-refractivity contribution in [3.05, 3.63) is 24.3 Å². The second-order valence-electron chi connectivity index (χ2n) is 5.67. The van der Waals surface area contributed by atoms with Gasteiger partial charge in [-0.25, -0.2) is 4.79 Å². The quantitative estimate of drug-likeness (QED) is 0.611. The fraction of sp³-hybridized carbons (Fsp3) is 0.412. The molecule has 8 nitrogen and oxygen atoms in total. The molecule has 0 aromatic heterocycles. The Morgan fingerprint density at radius 2 is 2.08 bits per heavy atom. The number of ether oxygens (including phenoxy) is 2. The summed E-state index contributed by atoms with van der Waals surface area (Å²) in [6, 6.07) is 7.46. The first-order valence-corrected chi connectivity index (χ1v) is 9.12. The summed E-state index contributed by atoms with van der Waals surface area (Å²) in [5.41, 5.74) is 0.716. The van der Waals surface area contributed by atoms with Crippen LogP contribution < -0.4 is 10.2 Å². The normalized spacial score (nSPS) is 17.6. The summed E-state index contributed by atoms with van der Waals surface area (Å²) in [6.45, 7) is 1.52. The molecule has 1 heterocycles. The average Bonchev–Trinajstić information content (AvgIpc) is 3.03. The van der Waals surface area contributed by atoms with Crippen molar-refractivity contribution in [1.82, 2.24) is 5.32 Å². The largest absolute Gasteiger partial charge is 0.453 e. The van der Waals surface area contributed by atoms with Crippen molar-refractivity contribution in [3.8, 4) is 0 Å². The predicted molar refractivity (Wildman–Crippen MR) is 94.8 cm³/mol. The van der Waals surface area contributed by atoms with E-state index in [4.69, 9.17) is 4.74 Å². The van der Waals surface area contributed by atoms with Crippen molar-refractivity contribution in [1.29, 1.82) is 0 Å². The zero-order chi connectivity index (χ0) is 19.3. The Morgan fingerprint density at radius 3 is 2.73 bits per heavy atom. The highest BCUT2D eigenvalue weighted by molar-refractivity contribution is 7.98. The molecule has 0 saturated carbocycles. The zero-order valence-electron chi connectivity index (χ0n) is 14.7. The highest BCUT2D eigenvalue weighted by atomic mass is 32.2. The lowest BCUT2D eigenvalue weighted by Crippen LogP contribution is -2.40. The molecule has 1 aromatic rings. The number of nitrogens with one attached hydrogen (secondary N) is 1. The lowest BCUT2D eigenvalue weighted by Gasteiger charge is -2.18. The SMILES string of the molecule is COC(=O)NC(=O)[C@H](C)OC(=O)[C@@H]1CC(=O)N(c2cccc(SC)c2)C1. The number of benzene rings is 1. The summed E-state index contributed by atoms with van der Waals surface area (Å²) in [4.78, 5) is 49.8. The standard InChI is InChI=1S/C17H20N2O6S/c1-10(15(21)18-17(23)24-2)25-16(22)11-7-14(20)19(9-11)12-5-4-6-13(8-12)26-3/h4-6,8,10-11H,7,9H2,1-3H3,(H,18,21,23)/t10-,11+/m0/s1. The molecule has 2 atom stereocenters. The summed E-state index contributed by atoms with van der Waals surface area (Å²) < 4.78 is 9.38. The molecule has 0 aliphatic carbocycles. The maximum Gasteiger partial charge on any atom is 0.413 e. The van der Waals surface area contributed by atoms with E-state index in [1.54, 1.807) is 17.8 Å². The molecule has 3 amide bonds. The second kappa shape index (κ2) is 8.70. The molecular formula is C17H20N2O6S. The van der Waals surface area contributed by atoms with Gasteiger partial charge in [-0.1, -0.05) is 6.07 Å². The minimum Gasteiger partial charge on any atom is -0.453 e. The van der Waals surface area contributed by atoms with Gasteiger partial charge in [-0.3, -0.25) is 19.7 Å². The van der Waals surface area contributed by atoms with Crippen LogP contribution in [-0.4, -0.2) is 49.9 Å². The van der Waals surface area contributed by atoms with Crippen LogP contribution in [0.5, 0.6) is 0 Å². The zero-order valence-corrected chi connectivity index (χ0v) is 15.5. The van der Waals surface area contributed by atoms with Crippen LogP contribution in [0.15, 0.2) is 29.2 Å². The van der Waals surface area contributed by atoms with Crippen LogP contribution in [0.2, 0.25) is 0 Å². The molecule has 1 aliphatic rings. The second-order valence-corrected chi connectivity index (χ2v) is 6.55. The van der Waals surface area contributed by atoms with Crippen LogP contribution >= 0.6 is 11.8 Å². The van der Waals surface area contributed by atoms with E-state index in [0.29, 0.717) is 5.69 Å². The first-order chi connectivity index (χ1) is 12.3. The van der Waals surface area contributed by atoms with Crippen LogP contribution in [0, 0.1) is 5.92 Å². The third kappa shape index (κ3) is 4.75. The van der Waals surface area contributed by atoms with Crippen molar-refractivity contribution in [3.63, 3.8) is 0 Å². The lowest BCUT2D eigenvalue weighted by atomic mass is 10.1. The highest BCUT2D eigenvalue weighted by Crippen LogP contribution is 2.28. The van der Waals surface area contributed by atoms with Crippen LogP contribution in [0.1, 0.15) is 13.3 Å². The molecule has 0 radical (unpaired) electrons. The van der Waals surface area contributed by atoms with Gasteiger partial charge < -0.3 is 14.4 Å². The molecule has 1 aliphatic heterocycles. The number of carbonyl (C=O) groups is 4. The monoisotopic (exact) mass is 380 g/mol. The first kappa shape index (κ1) is 19.8. The first-order valence-electron chi connectivity index (χ1n) is 7.89. The smallest absolute Gasteiger partial charge is 0.413 e. The van der Waals surface area contributed by atoms with Crippen LogP contribution in [0.4, 0.5) is 10.5 Å². The Hall–Kier alpha value is -2.55. The molecule has 1 N–H and O–H groups in total. The fourth-order valence-electron chi connectivity index (χ4n) is 2.47. The lowest BCUT2D eigenvalue weighted by molar-refractivity contribution is -0.158. The number of amides is 3. The minimum atomic E-state index is -1.18. The third-order valence-corrected chi connectivity index (χ3v) is 4.62. The summed E-state index contributed by atoms with van der Waals surface area (Å²) in [5.74, 6) is -2.31. The molecule has 2 rings (SSSR count). The van der Waals surface area contributed by atoms with Crippen molar-refractivity contribution in [2.75, 3.05) is 24.8 Å². The van der Waals surface area contributed by atoms with E-state index in [2.05, 4.69) is 4.74 Å². The van der Waals surface area contributed by atoms with Gasteiger partial charge in [0.25, 0.3) is 5.91 Å². The number of esters is 1. The average molecular weight is 380 g/mol. The topological polar surface area (TPSA) is 102 Å². The van der Waals surface area contributed by atoms with E-state index in [0.717, 1.165) is 12.0 Å². The Morgan fingerprint density at radius 1 is 1.35 bits per heavy atom. The predicted octanol–water partition coefficient (Wildman–Crippen LogP) is 1.58. The molecule has 0 spiro atoms. The number of imide groups is 1. The Bertz CT molecular complexity index is 723. The Labute approximate surface area is 155 Å². The molecule has 140 valence electrons. The van der Waals surface area contributed by atoms with E-state index in [1.807, 2.05) is 29.8 Å². The molecule has 0 unspecified atom stereocenters. The molecule has 1 saturated heterocycles. The summed E-state index contributed by atoms with van der Waals surface area (Å²) in [6.07, 6.45) is -0.168. The minimum absolute atomic E-state index is 0.00761. The summed E-state index contributed by atoms with van der Waals surface area (Å²) >= 11 is 1.56. The van der Waals surface area contributed by atoms with Crippen LogP contribution in [-0.2, 0) is 23.9 Å². The number of rotatable bonds is 5. The number of methoxy groups -OCH3 is 1. The Kier molecular flexibility index (Phi) is 6.62. The van der Waals surface area contributed by atoms with E-state index in [-0.39, 0.29) is 18.9 Å². The van der Waals surface area contributed by atoms with E-state index < -0.39 is 30.0 Å². The molecule has 1 fully saturated rings. The molecule has 1 aromatic carbocycles. The van der Waals surface area contributed by atoms with Gasteiger partial charge in [-0.2, -0.15) is 0 Å². The van der Waals surface area contributed by atoms with E-state index in [9.17, 15) is 19.2 Å². The maximum atomic E-state index is 12.3. The number of thioether (sulfide) groups is 1. The van der Waals surface area contributed by atoms with Crippen molar-refractivity contribution in [2.45, 2.75) is 24.3 Å². The molecule has 0 bridgehead atoms. The highest BCUT2D eigenvalue weighted by Gasteiger charge is 2.37. The number of anilines is 1. The van der Waals surface area contributed by atoms with Gasteiger partial charge in [0.1, 0.15) is 0 Å². The molecular weight excluding hydrogens is 360 g/mol. The van der Waals surface area contributed by atoms with Crippen molar-refractivity contribution < 1.29 is 28.7 Å². The number of hydrogen-bond donors (Lipinski definition) is 1. The van der Waals surface area contributed by atoms with Gasteiger partial charge in [0.2, 0.25) is 5.91 Å². The van der Waals surface area contributed by atoms with Gasteiger partial charge >= 0.3 is 12.1 Å². The molecule has 9 heteroatoms. The maximum absolute atomic E-state index is 12.3. The van der Waals surface area contributed by atoms with Gasteiger partial charge in [0.15, 0.2) is 6.10 Å². The molecule has 26 heavy (non-hydrogen) atoms. The number of alkyl carbamates (subject to hydrolysis) is 1. The van der Waals surface area contributed by atoms with E-state index in [1.165, 1.54) is 11.8 Å². The fourth-order valence-corrected chi connectivity index (χ4v) is 2.92. The van der Waals surface area contributed by atoms with Crippen LogP contribution in [0.25, 0.3) is 0 Å². The number of carbonyl (C=O) groups excluding carboxylic acids is 4. The van der Waals surface area contributed by atoms with Gasteiger partial charge in [-0.05, 0) is 31.4 Å². The van der Waals surface area contributed by atoms with Crippen LogP contribution in [0.3, 0.4) is 0 Å². The summed E-state index contributed by atoms with van der Waals surface area (Å²) in [7, 11) is 1.12. The van der Waals surface area contributed by atoms with E-state index >= 15 is 0 Å². The summed E-state index contributed by atoms with van der Waals surface area (Å²) in [5, 5.41) is 1.92.